The van der Waals surface area contributed by atoms with E-state index in [1.165, 1.54) is 22.3 Å². The van der Waals surface area contributed by atoms with Gasteiger partial charge in [-0.3, -0.25) is 0 Å². The Morgan fingerprint density at radius 2 is 1.38 bits per heavy atom. The van der Waals surface area contributed by atoms with E-state index in [9.17, 15) is 0 Å². The van der Waals surface area contributed by atoms with Crippen LogP contribution in [0.2, 0.25) is 0 Å². The average Bonchev–Trinajstić information content (AvgIpc) is 3.57. The van der Waals surface area contributed by atoms with Crippen LogP contribution in [0.4, 0.5) is 0 Å². The Morgan fingerprint density at radius 3 is 2.14 bits per heavy atom. The number of aromatic nitrogens is 2. The van der Waals surface area contributed by atoms with Crippen molar-refractivity contribution in [3.63, 3.8) is 0 Å². The molecule has 4 aromatic carbocycles. The number of nitrogens with zero attached hydrogens (tertiary/aromatic N) is 2. The molecule has 3 aliphatic rings. The standard InChI is InChI=1S/C33H22N2O2/c1-2-10-21(11-3-1)31-34-35-32(37-31)22-18-19-30-28(20-22)33(27-16-8-9-17-29(27)36-30)25-14-6-4-12-23(25)24-13-5-7-15-26(24)33/h1-10,12-21H,11H2. The van der Waals surface area contributed by atoms with Crippen molar-refractivity contribution >= 4 is 0 Å². The first-order valence-electron chi connectivity index (χ1n) is 12.6. The molecular formula is C33H22N2O2. The third-order valence-electron chi connectivity index (χ3n) is 7.83. The number of fused-ring (bicyclic) bond motifs is 9. The van der Waals surface area contributed by atoms with Gasteiger partial charge in [0.25, 0.3) is 0 Å². The zero-order chi connectivity index (χ0) is 24.4. The van der Waals surface area contributed by atoms with E-state index in [1.807, 2.05) is 30.4 Å². The van der Waals surface area contributed by atoms with E-state index in [2.05, 4.69) is 95.1 Å². The molecule has 1 aliphatic heterocycles. The molecule has 1 aromatic heterocycles. The van der Waals surface area contributed by atoms with Crippen molar-refractivity contribution in [1.82, 2.24) is 10.2 Å². The maximum absolute atomic E-state index is 6.50. The van der Waals surface area contributed by atoms with Gasteiger partial charge < -0.3 is 9.15 Å². The van der Waals surface area contributed by atoms with Crippen LogP contribution in [0.5, 0.6) is 11.5 Å². The largest absolute Gasteiger partial charge is 0.457 e. The molecule has 1 spiro atoms. The van der Waals surface area contributed by atoms with E-state index in [0.717, 1.165) is 34.6 Å². The van der Waals surface area contributed by atoms with E-state index in [-0.39, 0.29) is 5.92 Å². The Bertz CT molecular complexity index is 1710. The summed E-state index contributed by atoms with van der Waals surface area (Å²) in [7, 11) is 0. The Morgan fingerprint density at radius 1 is 0.676 bits per heavy atom. The highest BCUT2D eigenvalue weighted by Gasteiger charge is 2.51. The zero-order valence-corrected chi connectivity index (χ0v) is 20.0. The molecule has 0 N–H and O–H groups in total. The maximum Gasteiger partial charge on any atom is 0.247 e. The molecular weight excluding hydrogens is 456 g/mol. The molecule has 4 nitrogen and oxygen atoms in total. The Labute approximate surface area is 214 Å². The number of allylic oxidation sites excluding steroid dienone is 4. The van der Waals surface area contributed by atoms with Gasteiger partial charge in [0.2, 0.25) is 11.8 Å². The summed E-state index contributed by atoms with van der Waals surface area (Å²) in [6, 6.07) is 32.1. The van der Waals surface area contributed by atoms with Gasteiger partial charge in [0.05, 0.1) is 11.3 Å². The molecule has 2 heterocycles. The number of rotatable bonds is 2. The number of benzene rings is 4. The van der Waals surface area contributed by atoms with Gasteiger partial charge in [0, 0.05) is 16.7 Å². The second-order valence-electron chi connectivity index (χ2n) is 9.75. The first-order valence-corrected chi connectivity index (χ1v) is 12.6. The molecule has 8 rings (SSSR count). The monoisotopic (exact) mass is 478 g/mol. The molecule has 0 saturated heterocycles. The molecule has 5 aromatic rings. The second-order valence-corrected chi connectivity index (χ2v) is 9.75. The number of hydrogen-bond acceptors (Lipinski definition) is 4. The van der Waals surface area contributed by atoms with Crippen LogP contribution < -0.4 is 4.74 Å². The normalized spacial score (nSPS) is 17.6. The van der Waals surface area contributed by atoms with Gasteiger partial charge in [-0.25, -0.2) is 0 Å². The van der Waals surface area contributed by atoms with Crippen molar-refractivity contribution in [3.8, 4) is 34.1 Å². The van der Waals surface area contributed by atoms with E-state index >= 15 is 0 Å². The molecule has 1 atom stereocenters. The molecule has 0 fully saturated rings. The molecule has 176 valence electrons. The molecule has 0 amide bonds. The SMILES string of the molecule is C1=CCC(c2nnc(-c3ccc4c(c3)C3(c5ccccc5O4)c4ccccc4-c4ccccc43)o2)C=C1. The summed E-state index contributed by atoms with van der Waals surface area (Å²) in [6.07, 6.45) is 9.18. The van der Waals surface area contributed by atoms with Gasteiger partial charge in [0.15, 0.2) is 0 Å². The lowest BCUT2D eigenvalue weighted by Crippen LogP contribution is -2.32. The number of para-hydroxylation sites is 1. The van der Waals surface area contributed by atoms with E-state index in [4.69, 9.17) is 9.15 Å². The number of ether oxygens (including phenoxy) is 1. The van der Waals surface area contributed by atoms with Crippen molar-refractivity contribution in [1.29, 1.82) is 0 Å². The van der Waals surface area contributed by atoms with Gasteiger partial charge >= 0.3 is 0 Å². The highest BCUT2D eigenvalue weighted by atomic mass is 16.5. The van der Waals surface area contributed by atoms with Gasteiger partial charge in [-0.05, 0) is 52.9 Å². The molecule has 0 radical (unpaired) electrons. The van der Waals surface area contributed by atoms with Crippen LogP contribution in [0.1, 0.15) is 40.5 Å². The summed E-state index contributed by atoms with van der Waals surface area (Å²) in [5.74, 6) is 3.00. The smallest absolute Gasteiger partial charge is 0.247 e. The minimum Gasteiger partial charge on any atom is -0.457 e. The summed E-state index contributed by atoms with van der Waals surface area (Å²) in [4.78, 5) is 0. The highest BCUT2D eigenvalue weighted by molar-refractivity contribution is 5.88. The lowest BCUT2D eigenvalue weighted by atomic mass is 9.66. The second kappa shape index (κ2) is 7.65. The molecule has 4 heteroatoms. The Kier molecular flexibility index (Phi) is 4.23. The third-order valence-corrected chi connectivity index (χ3v) is 7.83. The Hall–Kier alpha value is -4.70. The van der Waals surface area contributed by atoms with Crippen molar-refractivity contribution in [2.45, 2.75) is 17.8 Å². The predicted molar refractivity (Wildman–Crippen MR) is 143 cm³/mol. The molecule has 37 heavy (non-hydrogen) atoms. The summed E-state index contributed by atoms with van der Waals surface area (Å²) in [6.45, 7) is 0. The maximum atomic E-state index is 6.50. The molecule has 2 aliphatic carbocycles. The quantitative estimate of drug-likeness (QED) is 0.254. The van der Waals surface area contributed by atoms with E-state index < -0.39 is 5.41 Å². The summed E-state index contributed by atoms with van der Waals surface area (Å²) >= 11 is 0. The topological polar surface area (TPSA) is 48.2 Å². The molecule has 1 unspecified atom stereocenters. The van der Waals surface area contributed by atoms with Crippen LogP contribution in [-0.4, -0.2) is 10.2 Å². The third kappa shape index (κ3) is 2.78. The lowest BCUT2D eigenvalue weighted by Gasteiger charge is -2.39. The fraction of sp³-hybridized carbons (Fsp3) is 0.0909. The fourth-order valence-corrected chi connectivity index (χ4v) is 6.25. The fourth-order valence-electron chi connectivity index (χ4n) is 6.25. The van der Waals surface area contributed by atoms with Crippen LogP contribution in [-0.2, 0) is 5.41 Å². The number of hydrogen-bond donors (Lipinski definition) is 0. The van der Waals surface area contributed by atoms with Crippen LogP contribution in [0.3, 0.4) is 0 Å². The average molecular weight is 479 g/mol. The van der Waals surface area contributed by atoms with Crippen LogP contribution in [0.15, 0.2) is 120 Å². The van der Waals surface area contributed by atoms with E-state index in [0.29, 0.717) is 11.8 Å². The molecule has 0 saturated carbocycles. The van der Waals surface area contributed by atoms with Gasteiger partial charge in [-0.2, -0.15) is 0 Å². The molecule has 0 bridgehead atoms. The summed E-state index contributed by atoms with van der Waals surface area (Å²) in [5, 5.41) is 8.84. The van der Waals surface area contributed by atoms with Gasteiger partial charge in [-0.1, -0.05) is 91.0 Å². The Balaban J connectivity index is 1.38. The van der Waals surface area contributed by atoms with Crippen LogP contribution in [0.25, 0.3) is 22.6 Å². The minimum absolute atomic E-state index is 0.110. The highest BCUT2D eigenvalue weighted by Crippen LogP contribution is 2.62. The zero-order valence-electron chi connectivity index (χ0n) is 20.0. The van der Waals surface area contributed by atoms with Crippen molar-refractivity contribution in [2.75, 3.05) is 0 Å². The first kappa shape index (κ1) is 20.5. The van der Waals surface area contributed by atoms with Gasteiger partial charge in [0.1, 0.15) is 11.5 Å². The van der Waals surface area contributed by atoms with E-state index in [1.54, 1.807) is 0 Å². The predicted octanol–water partition coefficient (Wildman–Crippen LogP) is 7.81. The van der Waals surface area contributed by atoms with Crippen LogP contribution >= 0.6 is 0 Å². The summed E-state index contributed by atoms with van der Waals surface area (Å²) < 4.78 is 12.7. The summed E-state index contributed by atoms with van der Waals surface area (Å²) in [5.41, 5.74) is 7.63. The van der Waals surface area contributed by atoms with Crippen LogP contribution in [0, 0.1) is 0 Å². The first-order chi connectivity index (χ1) is 18.3. The van der Waals surface area contributed by atoms with Crippen molar-refractivity contribution < 1.29 is 9.15 Å². The minimum atomic E-state index is -0.507. The van der Waals surface area contributed by atoms with Crippen molar-refractivity contribution in [3.05, 3.63) is 143 Å². The van der Waals surface area contributed by atoms with Gasteiger partial charge in [-0.15, -0.1) is 10.2 Å². The van der Waals surface area contributed by atoms with Crippen molar-refractivity contribution in [2.24, 2.45) is 0 Å². The lowest BCUT2D eigenvalue weighted by molar-refractivity contribution is 0.436.